The Morgan fingerprint density at radius 3 is 2.90 bits per heavy atom. The summed E-state index contributed by atoms with van der Waals surface area (Å²) >= 11 is 3.79. The first-order chi connectivity index (χ1) is 14.5. The first kappa shape index (κ1) is 21.2. The van der Waals surface area contributed by atoms with Crippen molar-refractivity contribution in [3.63, 3.8) is 0 Å². The number of benzene rings is 1. The first-order valence-corrected chi connectivity index (χ1v) is 12.5. The molecule has 1 aromatic carbocycles. The summed E-state index contributed by atoms with van der Waals surface area (Å²) in [5.74, 6) is 1.92. The molecule has 5 nitrogen and oxygen atoms in total. The average molecular weight is 445 g/mol. The van der Waals surface area contributed by atoms with Gasteiger partial charge in [0.25, 0.3) is 0 Å². The fourth-order valence-electron chi connectivity index (χ4n) is 4.05. The van der Waals surface area contributed by atoms with Gasteiger partial charge < -0.3 is 14.7 Å². The van der Waals surface area contributed by atoms with Crippen LogP contribution in [0.2, 0.25) is 0 Å². The molecule has 0 saturated carbocycles. The van der Waals surface area contributed by atoms with E-state index in [-0.39, 0.29) is 0 Å². The van der Waals surface area contributed by atoms with Crippen molar-refractivity contribution in [2.75, 3.05) is 36.1 Å². The number of hydrogen-bond acceptors (Lipinski definition) is 6. The van der Waals surface area contributed by atoms with Crippen LogP contribution < -0.4 is 9.64 Å². The lowest BCUT2D eigenvalue weighted by Gasteiger charge is -2.25. The third-order valence-electron chi connectivity index (χ3n) is 5.80. The molecule has 30 heavy (non-hydrogen) atoms. The van der Waals surface area contributed by atoms with Gasteiger partial charge in [-0.1, -0.05) is 18.2 Å². The van der Waals surface area contributed by atoms with Crippen molar-refractivity contribution in [1.29, 1.82) is 0 Å². The van der Waals surface area contributed by atoms with Crippen LogP contribution in [0.1, 0.15) is 35.0 Å². The van der Waals surface area contributed by atoms with Crippen molar-refractivity contribution in [3.8, 4) is 5.75 Å². The maximum absolute atomic E-state index is 11.5. The molecule has 2 aromatic rings. The highest BCUT2D eigenvalue weighted by Crippen LogP contribution is 2.37. The Morgan fingerprint density at radius 2 is 2.13 bits per heavy atom. The number of carbonyl (C=O) groups is 1. The highest BCUT2D eigenvalue weighted by molar-refractivity contribution is 7.99. The summed E-state index contributed by atoms with van der Waals surface area (Å²) in [4.78, 5) is 20.0. The molecule has 1 aromatic heterocycles. The number of nitrogens with zero attached hydrogens (tertiary/aromatic N) is 2. The lowest BCUT2D eigenvalue weighted by Crippen LogP contribution is -2.32. The monoisotopic (exact) mass is 444 g/mol. The van der Waals surface area contributed by atoms with Crippen LogP contribution >= 0.6 is 23.1 Å². The molecule has 4 rings (SSSR count). The van der Waals surface area contributed by atoms with Gasteiger partial charge in [-0.3, -0.25) is 4.79 Å². The van der Waals surface area contributed by atoms with E-state index in [1.54, 1.807) is 18.3 Å². The second-order valence-electron chi connectivity index (χ2n) is 7.74. The van der Waals surface area contributed by atoms with Crippen molar-refractivity contribution < 1.29 is 14.6 Å². The Balaban J connectivity index is 1.43. The van der Waals surface area contributed by atoms with E-state index in [2.05, 4.69) is 17.9 Å². The van der Waals surface area contributed by atoms with E-state index in [0.717, 1.165) is 65.6 Å². The Bertz CT molecular complexity index is 948. The smallest absolute Gasteiger partial charge is 0.310 e. The van der Waals surface area contributed by atoms with Crippen LogP contribution in [0.5, 0.6) is 5.75 Å². The lowest BCUT2D eigenvalue weighted by molar-refractivity contribution is -0.139. The third-order valence-corrected chi connectivity index (χ3v) is 7.82. The van der Waals surface area contributed by atoms with Gasteiger partial charge in [0.2, 0.25) is 0 Å². The number of thioether (sulfide) groups is 1. The van der Waals surface area contributed by atoms with Crippen molar-refractivity contribution in [3.05, 3.63) is 46.0 Å². The number of fused-ring (bicyclic) bond motifs is 1. The van der Waals surface area contributed by atoms with Gasteiger partial charge in [-0.05, 0) is 43.9 Å². The summed E-state index contributed by atoms with van der Waals surface area (Å²) in [5.41, 5.74) is 4.17. The largest absolute Gasteiger partial charge is 0.493 e. The number of ether oxygens (including phenoxy) is 1. The van der Waals surface area contributed by atoms with Crippen LogP contribution in [0, 0.1) is 12.8 Å². The molecule has 1 atom stereocenters. The summed E-state index contributed by atoms with van der Waals surface area (Å²) in [6, 6.07) is 5.97. The van der Waals surface area contributed by atoms with Crippen molar-refractivity contribution in [1.82, 2.24) is 4.98 Å². The molecule has 1 fully saturated rings. The molecule has 1 aliphatic heterocycles. The van der Waals surface area contributed by atoms with Gasteiger partial charge in [-0.2, -0.15) is 11.8 Å². The van der Waals surface area contributed by atoms with Gasteiger partial charge in [-0.25, -0.2) is 4.98 Å². The fourth-order valence-corrected chi connectivity index (χ4v) is 5.96. The summed E-state index contributed by atoms with van der Waals surface area (Å²) in [6.45, 7) is 6.62. The topological polar surface area (TPSA) is 62.7 Å². The number of rotatable bonds is 7. The standard InChI is InChI=1S/C23H28N2O3S2/c1-15(22(26)27)17-5-3-7-19-18(17)6-4-8-21(19)28-12-9-20-16(2)30-23(24-20)25-10-13-29-14-11-25/h4-6,8,15H,3,7,9-14H2,1-2H3,(H,26,27). The molecule has 160 valence electrons. The van der Waals surface area contributed by atoms with Crippen LogP contribution in [0.3, 0.4) is 0 Å². The summed E-state index contributed by atoms with van der Waals surface area (Å²) < 4.78 is 6.18. The quantitative estimate of drug-likeness (QED) is 0.669. The van der Waals surface area contributed by atoms with Gasteiger partial charge in [-0.15, -0.1) is 11.3 Å². The molecule has 0 spiro atoms. The molecule has 0 bridgehead atoms. The van der Waals surface area contributed by atoms with Crippen molar-refractivity contribution >= 4 is 39.8 Å². The predicted octanol–water partition coefficient (Wildman–Crippen LogP) is 4.68. The SMILES string of the molecule is Cc1sc(N2CCSCC2)nc1CCOc1cccc2c1CCC=C2C(C)C(=O)O. The second kappa shape index (κ2) is 9.43. The van der Waals surface area contributed by atoms with Gasteiger partial charge in [0, 0.05) is 41.5 Å². The Kier molecular flexibility index (Phi) is 6.68. The average Bonchev–Trinajstić information content (AvgIpc) is 3.14. The maximum atomic E-state index is 11.5. The van der Waals surface area contributed by atoms with E-state index >= 15 is 0 Å². The Labute approximate surface area is 186 Å². The molecule has 0 radical (unpaired) electrons. The number of thiazole rings is 1. The molecule has 2 heterocycles. The Morgan fingerprint density at radius 1 is 1.33 bits per heavy atom. The normalized spacial score (nSPS) is 17.3. The number of aromatic nitrogens is 1. The molecule has 7 heteroatoms. The molecule has 1 unspecified atom stereocenters. The van der Waals surface area contributed by atoms with Crippen LogP contribution in [0.15, 0.2) is 24.3 Å². The van der Waals surface area contributed by atoms with Crippen molar-refractivity contribution in [2.24, 2.45) is 5.92 Å². The van der Waals surface area contributed by atoms with Gasteiger partial charge >= 0.3 is 5.97 Å². The van der Waals surface area contributed by atoms with Crippen molar-refractivity contribution in [2.45, 2.75) is 33.1 Å². The minimum absolute atomic E-state index is 0.511. The highest BCUT2D eigenvalue weighted by Gasteiger charge is 2.24. The van der Waals surface area contributed by atoms with Gasteiger partial charge in [0.05, 0.1) is 18.2 Å². The zero-order valence-corrected chi connectivity index (χ0v) is 19.2. The third kappa shape index (κ3) is 4.52. The van der Waals surface area contributed by atoms with E-state index in [1.165, 1.54) is 16.4 Å². The second-order valence-corrected chi connectivity index (χ2v) is 10.1. The van der Waals surface area contributed by atoms with Crippen LogP contribution in [0.4, 0.5) is 5.13 Å². The number of carboxylic acid groups (broad SMARTS) is 1. The van der Waals surface area contributed by atoms with E-state index in [4.69, 9.17) is 9.72 Å². The number of anilines is 1. The molecular weight excluding hydrogens is 416 g/mol. The number of carboxylic acids is 1. The Hall–Kier alpha value is -1.99. The summed E-state index contributed by atoms with van der Waals surface area (Å²) in [7, 11) is 0. The van der Waals surface area contributed by atoms with E-state index < -0.39 is 11.9 Å². The van der Waals surface area contributed by atoms with Crippen LogP contribution in [0.25, 0.3) is 5.57 Å². The molecule has 1 saturated heterocycles. The highest BCUT2D eigenvalue weighted by atomic mass is 32.2. The number of aryl methyl sites for hydroxylation is 1. The van der Waals surface area contributed by atoms with E-state index in [1.807, 2.05) is 30.0 Å². The van der Waals surface area contributed by atoms with Gasteiger partial charge in [0.1, 0.15) is 5.75 Å². The molecule has 1 aliphatic carbocycles. The molecule has 1 N–H and O–H groups in total. The molecule has 0 amide bonds. The summed E-state index contributed by atoms with van der Waals surface area (Å²) in [6.07, 6.45) is 4.57. The predicted molar refractivity (Wildman–Crippen MR) is 125 cm³/mol. The number of aliphatic carboxylic acids is 1. The van der Waals surface area contributed by atoms with E-state index in [0.29, 0.717) is 6.61 Å². The molecular formula is C23H28N2O3S2. The fraction of sp³-hybridized carbons (Fsp3) is 0.478. The first-order valence-electron chi connectivity index (χ1n) is 10.5. The van der Waals surface area contributed by atoms with Gasteiger partial charge in [0.15, 0.2) is 5.13 Å². The minimum Gasteiger partial charge on any atom is -0.493 e. The summed E-state index contributed by atoms with van der Waals surface area (Å²) in [5, 5.41) is 10.6. The van der Waals surface area contributed by atoms with E-state index in [9.17, 15) is 9.90 Å². The number of allylic oxidation sites excluding steroid dienone is 1. The maximum Gasteiger partial charge on any atom is 0.310 e. The zero-order chi connectivity index (χ0) is 21.1. The zero-order valence-electron chi connectivity index (χ0n) is 17.5. The van der Waals surface area contributed by atoms with Crippen LogP contribution in [-0.2, 0) is 17.6 Å². The molecule has 2 aliphatic rings. The minimum atomic E-state index is -0.789. The lowest BCUT2D eigenvalue weighted by atomic mass is 9.84. The number of hydrogen-bond donors (Lipinski definition) is 1. The van der Waals surface area contributed by atoms with Crippen LogP contribution in [-0.4, -0.2) is 47.3 Å².